The van der Waals surface area contributed by atoms with Crippen LogP contribution in [0.5, 0.6) is 0 Å². The van der Waals surface area contributed by atoms with Crippen molar-refractivity contribution in [1.82, 2.24) is 10.2 Å². The van der Waals surface area contributed by atoms with Gasteiger partial charge in [0.15, 0.2) is 0 Å². The van der Waals surface area contributed by atoms with E-state index in [1.807, 2.05) is 7.05 Å². The first-order chi connectivity index (χ1) is 6.59. The minimum Gasteiger partial charge on any atom is -0.378 e. The second-order valence-corrected chi connectivity index (χ2v) is 4.23. The van der Waals surface area contributed by atoms with Gasteiger partial charge in [-0.1, -0.05) is 26.8 Å². The van der Waals surface area contributed by atoms with Crippen molar-refractivity contribution in [3.05, 3.63) is 12.3 Å². The predicted molar refractivity (Wildman–Crippen MR) is 64.4 cm³/mol. The Bertz CT molecular complexity index is 152. The van der Waals surface area contributed by atoms with Crippen molar-refractivity contribution in [1.29, 1.82) is 0 Å². The SMILES string of the molecule is C=C(C(C)C)N(C)CCCCCNC. The van der Waals surface area contributed by atoms with Gasteiger partial charge in [-0.2, -0.15) is 0 Å². The van der Waals surface area contributed by atoms with E-state index in [2.05, 4.69) is 37.7 Å². The third-order valence-corrected chi connectivity index (χ3v) is 2.58. The van der Waals surface area contributed by atoms with Crippen LogP contribution in [0.3, 0.4) is 0 Å². The van der Waals surface area contributed by atoms with Crippen molar-refractivity contribution in [3.8, 4) is 0 Å². The fraction of sp³-hybridized carbons (Fsp3) is 0.833. The lowest BCUT2D eigenvalue weighted by Gasteiger charge is -2.24. The summed E-state index contributed by atoms with van der Waals surface area (Å²) in [5, 5.41) is 3.17. The maximum Gasteiger partial charge on any atom is 0.0171 e. The molecule has 0 amide bonds. The van der Waals surface area contributed by atoms with E-state index in [-0.39, 0.29) is 0 Å². The van der Waals surface area contributed by atoms with Crippen LogP contribution in [0, 0.1) is 5.92 Å². The normalized spacial score (nSPS) is 10.6. The van der Waals surface area contributed by atoms with E-state index in [9.17, 15) is 0 Å². The molecular formula is C12H26N2. The Morgan fingerprint density at radius 1 is 1.29 bits per heavy atom. The zero-order valence-electron chi connectivity index (χ0n) is 10.3. The van der Waals surface area contributed by atoms with E-state index in [1.165, 1.54) is 25.0 Å². The first kappa shape index (κ1) is 13.5. The highest BCUT2D eigenvalue weighted by Crippen LogP contribution is 2.11. The number of allylic oxidation sites excluding steroid dienone is 1. The molecule has 0 atom stereocenters. The highest BCUT2D eigenvalue weighted by Gasteiger charge is 2.04. The number of rotatable bonds is 8. The largest absolute Gasteiger partial charge is 0.378 e. The summed E-state index contributed by atoms with van der Waals surface area (Å²) in [6.07, 6.45) is 3.85. The number of nitrogens with one attached hydrogen (secondary N) is 1. The lowest BCUT2D eigenvalue weighted by molar-refractivity contribution is 0.363. The number of unbranched alkanes of at least 4 members (excludes halogenated alkanes) is 2. The molecule has 0 radical (unpaired) electrons. The molecule has 0 aliphatic rings. The van der Waals surface area contributed by atoms with E-state index in [0.29, 0.717) is 5.92 Å². The second-order valence-electron chi connectivity index (χ2n) is 4.23. The minimum atomic E-state index is 0.567. The van der Waals surface area contributed by atoms with E-state index in [4.69, 9.17) is 0 Å². The van der Waals surface area contributed by atoms with Gasteiger partial charge in [-0.05, 0) is 32.4 Å². The molecule has 14 heavy (non-hydrogen) atoms. The third-order valence-electron chi connectivity index (χ3n) is 2.58. The van der Waals surface area contributed by atoms with Gasteiger partial charge < -0.3 is 10.2 Å². The summed E-state index contributed by atoms with van der Waals surface area (Å²) < 4.78 is 0. The summed E-state index contributed by atoms with van der Waals surface area (Å²) in [6, 6.07) is 0. The smallest absolute Gasteiger partial charge is 0.0171 e. The molecule has 84 valence electrons. The zero-order valence-corrected chi connectivity index (χ0v) is 10.3. The molecule has 0 aliphatic heterocycles. The van der Waals surface area contributed by atoms with Gasteiger partial charge in [-0.25, -0.2) is 0 Å². The van der Waals surface area contributed by atoms with Crippen LogP contribution in [0.15, 0.2) is 12.3 Å². The quantitative estimate of drug-likeness (QED) is 0.603. The van der Waals surface area contributed by atoms with E-state index < -0.39 is 0 Å². The zero-order chi connectivity index (χ0) is 11.0. The number of hydrogen-bond donors (Lipinski definition) is 1. The molecule has 1 N–H and O–H groups in total. The van der Waals surface area contributed by atoms with Crippen molar-refractivity contribution < 1.29 is 0 Å². The summed E-state index contributed by atoms with van der Waals surface area (Å²) in [5.74, 6) is 0.567. The monoisotopic (exact) mass is 198 g/mol. The lowest BCUT2D eigenvalue weighted by atomic mass is 10.1. The van der Waals surface area contributed by atoms with Crippen LogP contribution in [0.1, 0.15) is 33.1 Å². The molecule has 0 heterocycles. The summed E-state index contributed by atoms with van der Waals surface area (Å²) in [4.78, 5) is 2.28. The highest BCUT2D eigenvalue weighted by molar-refractivity contribution is 4.95. The van der Waals surface area contributed by atoms with Gasteiger partial charge in [0, 0.05) is 19.3 Å². The minimum absolute atomic E-state index is 0.567. The summed E-state index contributed by atoms with van der Waals surface area (Å²) >= 11 is 0. The van der Waals surface area contributed by atoms with Crippen LogP contribution in [-0.2, 0) is 0 Å². The molecule has 0 spiro atoms. The molecule has 0 aliphatic carbocycles. The molecule has 0 aromatic carbocycles. The Kier molecular flexibility index (Phi) is 7.58. The summed E-state index contributed by atoms with van der Waals surface area (Å²) in [5.41, 5.74) is 1.25. The van der Waals surface area contributed by atoms with Crippen molar-refractivity contribution in [3.63, 3.8) is 0 Å². The molecule has 0 fully saturated rings. The van der Waals surface area contributed by atoms with Gasteiger partial charge in [-0.15, -0.1) is 0 Å². The van der Waals surface area contributed by atoms with Crippen LogP contribution in [0.25, 0.3) is 0 Å². The maximum atomic E-state index is 4.08. The topological polar surface area (TPSA) is 15.3 Å². The van der Waals surface area contributed by atoms with Crippen LogP contribution in [-0.4, -0.2) is 32.1 Å². The summed E-state index contributed by atoms with van der Waals surface area (Å²) in [6.45, 7) is 10.7. The van der Waals surface area contributed by atoms with Crippen LogP contribution < -0.4 is 5.32 Å². The third kappa shape index (κ3) is 6.03. The van der Waals surface area contributed by atoms with Crippen molar-refractivity contribution in [2.75, 3.05) is 27.2 Å². The van der Waals surface area contributed by atoms with E-state index in [1.54, 1.807) is 0 Å². The number of hydrogen-bond acceptors (Lipinski definition) is 2. The van der Waals surface area contributed by atoms with Gasteiger partial charge in [0.2, 0.25) is 0 Å². The first-order valence-corrected chi connectivity index (χ1v) is 5.64. The fourth-order valence-electron chi connectivity index (χ4n) is 1.41. The van der Waals surface area contributed by atoms with Crippen LogP contribution >= 0.6 is 0 Å². The molecule has 0 bridgehead atoms. The standard InChI is InChI=1S/C12H26N2/c1-11(2)12(3)14(5)10-8-6-7-9-13-4/h11,13H,3,6-10H2,1-2,4-5H3. The van der Waals surface area contributed by atoms with E-state index >= 15 is 0 Å². The van der Waals surface area contributed by atoms with Gasteiger partial charge in [-0.3, -0.25) is 0 Å². The molecule has 2 nitrogen and oxygen atoms in total. The molecule has 0 aromatic heterocycles. The molecule has 0 unspecified atom stereocenters. The first-order valence-electron chi connectivity index (χ1n) is 5.64. The Labute approximate surface area is 89.4 Å². The van der Waals surface area contributed by atoms with Crippen molar-refractivity contribution >= 4 is 0 Å². The average molecular weight is 198 g/mol. The number of nitrogens with zero attached hydrogens (tertiary/aromatic N) is 1. The molecule has 0 saturated heterocycles. The van der Waals surface area contributed by atoms with Crippen LogP contribution in [0.4, 0.5) is 0 Å². The van der Waals surface area contributed by atoms with Crippen molar-refractivity contribution in [2.24, 2.45) is 5.92 Å². The molecule has 0 rings (SSSR count). The second kappa shape index (κ2) is 7.86. The molecule has 0 aromatic rings. The Morgan fingerprint density at radius 2 is 1.93 bits per heavy atom. The Balaban J connectivity index is 3.44. The van der Waals surface area contributed by atoms with Gasteiger partial charge in [0.25, 0.3) is 0 Å². The van der Waals surface area contributed by atoms with Gasteiger partial charge in [0.1, 0.15) is 0 Å². The predicted octanol–water partition coefficient (Wildman–Crippen LogP) is 2.48. The summed E-state index contributed by atoms with van der Waals surface area (Å²) in [7, 11) is 4.15. The molecule has 0 saturated carbocycles. The lowest BCUT2D eigenvalue weighted by Crippen LogP contribution is -2.21. The highest BCUT2D eigenvalue weighted by atomic mass is 15.1. The van der Waals surface area contributed by atoms with E-state index in [0.717, 1.165) is 13.1 Å². The Hall–Kier alpha value is -0.500. The Morgan fingerprint density at radius 3 is 2.43 bits per heavy atom. The van der Waals surface area contributed by atoms with Gasteiger partial charge in [0.05, 0.1) is 0 Å². The van der Waals surface area contributed by atoms with Crippen molar-refractivity contribution in [2.45, 2.75) is 33.1 Å². The van der Waals surface area contributed by atoms with Crippen LogP contribution in [0.2, 0.25) is 0 Å². The fourth-order valence-corrected chi connectivity index (χ4v) is 1.41. The van der Waals surface area contributed by atoms with Gasteiger partial charge >= 0.3 is 0 Å². The average Bonchev–Trinajstić information content (AvgIpc) is 2.16. The maximum absolute atomic E-state index is 4.08. The molecule has 2 heteroatoms. The molecular weight excluding hydrogens is 172 g/mol.